The molecule has 6 heteroatoms. The van der Waals surface area contributed by atoms with Crippen molar-refractivity contribution in [2.75, 3.05) is 13.2 Å². The Hall–Kier alpha value is -2.34. The van der Waals surface area contributed by atoms with Crippen LogP contribution in [-0.4, -0.2) is 34.1 Å². The SMILES string of the molecule is O=C(N[C@H](c1cccnc1)C1CCOCC1)c1cnccn1. The van der Waals surface area contributed by atoms with E-state index in [9.17, 15) is 4.79 Å². The van der Waals surface area contributed by atoms with Crippen LogP contribution in [0.3, 0.4) is 0 Å². The van der Waals surface area contributed by atoms with E-state index in [1.165, 1.54) is 12.4 Å². The summed E-state index contributed by atoms with van der Waals surface area (Å²) in [4.78, 5) is 24.6. The monoisotopic (exact) mass is 298 g/mol. The summed E-state index contributed by atoms with van der Waals surface area (Å²) in [5, 5.41) is 3.08. The average molecular weight is 298 g/mol. The molecule has 0 bridgehead atoms. The predicted molar refractivity (Wildman–Crippen MR) is 80.0 cm³/mol. The van der Waals surface area contributed by atoms with Gasteiger partial charge in [-0.25, -0.2) is 4.98 Å². The van der Waals surface area contributed by atoms with Gasteiger partial charge in [0.2, 0.25) is 0 Å². The highest BCUT2D eigenvalue weighted by molar-refractivity contribution is 5.92. The number of nitrogens with one attached hydrogen (secondary N) is 1. The lowest BCUT2D eigenvalue weighted by Gasteiger charge is -2.31. The zero-order valence-electron chi connectivity index (χ0n) is 12.2. The molecule has 0 radical (unpaired) electrons. The minimum Gasteiger partial charge on any atom is -0.381 e. The molecular formula is C16H18N4O2. The largest absolute Gasteiger partial charge is 0.381 e. The normalized spacial score (nSPS) is 16.9. The second-order valence-corrected chi connectivity index (χ2v) is 5.28. The van der Waals surface area contributed by atoms with Crippen LogP contribution in [0.15, 0.2) is 43.1 Å². The molecule has 22 heavy (non-hydrogen) atoms. The molecule has 1 amide bonds. The van der Waals surface area contributed by atoms with Crippen LogP contribution in [-0.2, 0) is 4.74 Å². The quantitative estimate of drug-likeness (QED) is 0.931. The number of aromatic nitrogens is 3. The fourth-order valence-corrected chi connectivity index (χ4v) is 2.71. The molecule has 1 aliphatic rings. The summed E-state index contributed by atoms with van der Waals surface area (Å²) in [7, 11) is 0. The van der Waals surface area contributed by atoms with Crippen molar-refractivity contribution in [2.45, 2.75) is 18.9 Å². The van der Waals surface area contributed by atoms with Crippen molar-refractivity contribution < 1.29 is 9.53 Å². The molecule has 2 aromatic heterocycles. The van der Waals surface area contributed by atoms with Crippen LogP contribution in [0.2, 0.25) is 0 Å². The molecule has 1 N–H and O–H groups in total. The lowest BCUT2D eigenvalue weighted by molar-refractivity contribution is 0.0512. The van der Waals surface area contributed by atoms with Gasteiger partial charge in [-0.05, 0) is 30.4 Å². The van der Waals surface area contributed by atoms with Crippen LogP contribution in [0, 0.1) is 5.92 Å². The van der Waals surface area contributed by atoms with Gasteiger partial charge in [-0.3, -0.25) is 14.8 Å². The van der Waals surface area contributed by atoms with E-state index in [2.05, 4.69) is 20.3 Å². The second kappa shape index (κ2) is 7.09. The molecule has 3 rings (SSSR count). The first-order valence-corrected chi connectivity index (χ1v) is 7.39. The van der Waals surface area contributed by atoms with Crippen molar-refractivity contribution in [3.8, 4) is 0 Å². The summed E-state index contributed by atoms with van der Waals surface area (Å²) < 4.78 is 5.42. The smallest absolute Gasteiger partial charge is 0.271 e. The maximum atomic E-state index is 12.4. The van der Waals surface area contributed by atoms with Gasteiger partial charge in [0.25, 0.3) is 5.91 Å². The van der Waals surface area contributed by atoms with Gasteiger partial charge in [0.1, 0.15) is 5.69 Å². The van der Waals surface area contributed by atoms with Crippen molar-refractivity contribution in [3.63, 3.8) is 0 Å². The Labute approximate surface area is 129 Å². The van der Waals surface area contributed by atoms with Crippen molar-refractivity contribution >= 4 is 5.91 Å². The van der Waals surface area contributed by atoms with Crippen LogP contribution in [0.4, 0.5) is 0 Å². The molecule has 0 aromatic carbocycles. The van der Waals surface area contributed by atoms with Crippen LogP contribution >= 0.6 is 0 Å². The van der Waals surface area contributed by atoms with E-state index in [-0.39, 0.29) is 11.9 Å². The minimum absolute atomic E-state index is 0.0906. The predicted octanol–water partition coefficient (Wildman–Crippen LogP) is 1.77. The van der Waals surface area contributed by atoms with Gasteiger partial charge in [0.15, 0.2) is 0 Å². The maximum absolute atomic E-state index is 12.4. The molecule has 3 heterocycles. The van der Waals surface area contributed by atoms with E-state index < -0.39 is 0 Å². The van der Waals surface area contributed by atoms with Crippen molar-refractivity contribution in [3.05, 3.63) is 54.4 Å². The van der Waals surface area contributed by atoms with Crippen LogP contribution in [0.1, 0.15) is 34.9 Å². The summed E-state index contributed by atoms with van der Waals surface area (Å²) >= 11 is 0. The number of pyridine rings is 1. The Balaban J connectivity index is 1.81. The van der Waals surface area contributed by atoms with Gasteiger partial charge in [0.05, 0.1) is 12.2 Å². The molecule has 114 valence electrons. The van der Waals surface area contributed by atoms with E-state index in [4.69, 9.17) is 4.74 Å². The second-order valence-electron chi connectivity index (χ2n) is 5.28. The Morgan fingerprint density at radius 1 is 1.18 bits per heavy atom. The number of ether oxygens (including phenoxy) is 1. The average Bonchev–Trinajstić information content (AvgIpc) is 2.62. The molecule has 0 spiro atoms. The number of hydrogen-bond donors (Lipinski definition) is 1. The molecule has 0 aliphatic carbocycles. The number of amides is 1. The third-order valence-corrected chi connectivity index (χ3v) is 3.86. The molecule has 0 unspecified atom stereocenters. The highest BCUT2D eigenvalue weighted by Gasteiger charge is 2.27. The van der Waals surface area contributed by atoms with Gasteiger partial charge in [-0.1, -0.05) is 6.07 Å². The number of hydrogen-bond acceptors (Lipinski definition) is 5. The highest BCUT2D eigenvalue weighted by atomic mass is 16.5. The Morgan fingerprint density at radius 2 is 2.00 bits per heavy atom. The Kier molecular flexibility index (Phi) is 4.70. The number of rotatable bonds is 4. The Bertz CT molecular complexity index is 600. The van der Waals surface area contributed by atoms with Crippen molar-refractivity contribution in [1.29, 1.82) is 0 Å². The summed E-state index contributed by atoms with van der Waals surface area (Å²) in [5.41, 5.74) is 1.33. The summed E-state index contributed by atoms with van der Waals surface area (Å²) in [6.07, 6.45) is 9.91. The van der Waals surface area contributed by atoms with E-state index in [0.717, 1.165) is 31.6 Å². The van der Waals surface area contributed by atoms with E-state index in [1.807, 2.05) is 12.1 Å². The first-order valence-electron chi connectivity index (χ1n) is 7.39. The molecule has 1 fully saturated rings. The van der Waals surface area contributed by atoms with Crippen molar-refractivity contribution in [2.24, 2.45) is 5.92 Å². The molecule has 1 atom stereocenters. The van der Waals surface area contributed by atoms with Gasteiger partial charge >= 0.3 is 0 Å². The minimum atomic E-state index is -0.214. The molecule has 1 aliphatic heterocycles. The topological polar surface area (TPSA) is 77.0 Å². The van der Waals surface area contributed by atoms with Gasteiger partial charge in [-0.15, -0.1) is 0 Å². The van der Waals surface area contributed by atoms with Gasteiger partial charge in [-0.2, -0.15) is 0 Å². The molecule has 0 saturated carbocycles. The first kappa shape index (κ1) is 14.6. The number of nitrogens with zero attached hydrogens (tertiary/aromatic N) is 3. The lowest BCUT2D eigenvalue weighted by Crippen LogP contribution is -2.36. The fourth-order valence-electron chi connectivity index (χ4n) is 2.71. The molecule has 6 nitrogen and oxygen atoms in total. The maximum Gasteiger partial charge on any atom is 0.271 e. The van der Waals surface area contributed by atoms with Crippen LogP contribution < -0.4 is 5.32 Å². The van der Waals surface area contributed by atoms with Gasteiger partial charge < -0.3 is 10.1 Å². The van der Waals surface area contributed by atoms with E-state index in [0.29, 0.717) is 11.6 Å². The fraction of sp³-hybridized carbons (Fsp3) is 0.375. The van der Waals surface area contributed by atoms with Crippen LogP contribution in [0.25, 0.3) is 0 Å². The number of carbonyl (C=O) groups excluding carboxylic acids is 1. The third-order valence-electron chi connectivity index (χ3n) is 3.86. The third kappa shape index (κ3) is 3.46. The zero-order valence-corrected chi connectivity index (χ0v) is 12.2. The summed E-state index contributed by atoms with van der Waals surface area (Å²) in [5.74, 6) is 0.118. The Morgan fingerprint density at radius 3 is 2.68 bits per heavy atom. The summed E-state index contributed by atoms with van der Waals surface area (Å²) in [6.45, 7) is 1.45. The summed E-state index contributed by atoms with van der Waals surface area (Å²) in [6, 6.07) is 3.78. The van der Waals surface area contributed by atoms with Crippen molar-refractivity contribution in [1.82, 2.24) is 20.3 Å². The first-order chi connectivity index (χ1) is 10.8. The molecule has 2 aromatic rings. The lowest BCUT2D eigenvalue weighted by atomic mass is 9.87. The highest BCUT2D eigenvalue weighted by Crippen LogP contribution is 2.29. The number of carbonyl (C=O) groups is 1. The zero-order chi connectivity index (χ0) is 15.2. The van der Waals surface area contributed by atoms with E-state index >= 15 is 0 Å². The van der Waals surface area contributed by atoms with Crippen LogP contribution in [0.5, 0.6) is 0 Å². The van der Waals surface area contributed by atoms with E-state index in [1.54, 1.807) is 18.6 Å². The van der Waals surface area contributed by atoms with Gasteiger partial charge in [0, 0.05) is 38.0 Å². The standard InChI is InChI=1S/C16H18N4O2/c21-16(14-11-18-6-7-19-14)20-15(12-3-8-22-9-4-12)13-2-1-5-17-10-13/h1-2,5-7,10-12,15H,3-4,8-9H2,(H,20,21)/t15-/m0/s1. The molecular weight excluding hydrogens is 280 g/mol. The molecule has 1 saturated heterocycles.